The first-order chi connectivity index (χ1) is 23.8. The van der Waals surface area contributed by atoms with Gasteiger partial charge in [-0.3, -0.25) is 14.3 Å². The van der Waals surface area contributed by atoms with Crippen LogP contribution in [0.5, 0.6) is 5.75 Å². The number of rotatable bonds is 13. The molecule has 2 heterocycles. The molecule has 0 aliphatic carbocycles. The van der Waals surface area contributed by atoms with Crippen LogP contribution < -0.4 is 30.3 Å². The topological polar surface area (TPSA) is 178 Å². The van der Waals surface area contributed by atoms with Crippen molar-refractivity contribution in [3.63, 3.8) is 0 Å². The zero-order valence-electron chi connectivity index (χ0n) is 28.8. The lowest BCUT2D eigenvalue weighted by Gasteiger charge is -2.25. The molecule has 0 aliphatic rings. The van der Waals surface area contributed by atoms with Crippen LogP contribution in [0.25, 0.3) is 10.9 Å². The highest BCUT2D eigenvalue weighted by molar-refractivity contribution is 7.89. The normalized spacial score (nSPS) is 12.1. The van der Waals surface area contributed by atoms with E-state index in [4.69, 9.17) is 14.9 Å². The van der Waals surface area contributed by atoms with Gasteiger partial charge in [-0.2, -0.15) is 10.1 Å². The standard InChI is InChI=1S/C35H41N9O5S/c1-22-7-10-26(20-31(22)50(36,47)48)44(33(45)16-15-29(37-3)34(46)39-21-24-8-12-27(49-6)13-9-24)35-38-18-17-32(40-35)42(4)25-11-14-28-23(2)43(5)41-30(28)19-25/h7-14,17-20,29,37H,15-16,21H2,1-6H3,(H,39,46)(H2,36,47,48)/t29-/m0/s1. The maximum absolute atomic E-state index is 14.1. The summed E-state index contributed by atoms with van der Waals surface area (Å²) in [5.41, 5.74) is 4.19. The number of anilines is 4. The number of nitrogens with two attached hydrogens (primary N) is 1. The zero-order chi connectivity index (χ0) is 36.2. The molecule has 0 unspecified atom stereocenters. The van der Waals surface area contributed by atoms with Gasteiger partial charge in [0.05, 0.1) is 29.3 Å². The number of nitrogens with one attached hydrogen (secondary N) is 2. The molecule has 0 bridgehead atoms. The Balaban J connectivity index is 1.42. The van der Waals surface area contributed by atoms with Crippen LogP contribution in [-0.4, -0.2) is 67.2 Å². The van der Waals surface area contributed by atoms with E-state index in [0.717, 1.165) is 27.8 Å². The van der Waals surface area contributed by atoms with Crippen LogP contribution in [0.2, 0.25) is 0 Å². The Kier molecular flexibility index (Phi) is 10.8. The Morgan fingerprint density at radius 3 is 2.42 bits per heavy atom. The minimum Gasteiger partial charge on any atom is -0.497 e. The molecule has 0 fully saturated rings. The van der Waals surface area contributed by atoms with E-state index in [-0.39, 0.29) is 35.3 Å². The van der Waals surface area contributed by atoms with Crippen LogP contribution in [0, 0.1) is 13.8 Å². The number of likely N-dealkylation sites (N-methyl/N-ethyl adjacent to an activating group) is 1. The maximum Gasteiger partial charge on any atom is 0.238 e. The van der Waals surface area contributed by atoms with Crippen LogP contribution in [0.15, 0.2) is 77.8 Å². The molecule has 262 valence electrons. The third kappa shape index (κ3) is 7.91. The van der Waals surface area contributed by atoms with E-state index in [1.807, 2.05) is 73.1 Å². The van der Waals surface area contributed by atoms with Crippen LogP contribution in [0.4, 0.5) is 23.1 Å². The number of nitrogens with zero attached hydrogens (tertiary/aromatic N) is 6. The van der Waals surface area contributed by atoms with Crippen molar-refractivity contribution in [1.82, 2.24) is 30.4 Å². The first-order valence-corrected chi connectivity index (χ1v) is 17.4. The number of sulfonamides is 1. The van der Waals surface area contributed by atoms with Gasteiger partial charge in [-0.1, -0.05) is 18.2 Å². The Morgan fingerprint density at radius 2 is 1.74 bits per heavy atom. The van der Waals surface area contributed by atoms with Gasteiger partial charge in [0.25, 0.3) is 0 Å². The second kappa shape index (κ2) is 15.0. The number of aryl methyl sites for hydroxylation is 3. The number of benzene rings is 3. The fourth-order valence-corrected chi connectivity index (χ4v) is 6.34. The van der Waals surface area contributed by atoms with Gasteiger partial charge in [-0.25, -0.2) is 23.4 Å². The van der Waals surface area contributed by atoms with Crippen molar-refractivity contribution in [3.05, 3.63) is 89.7 Å². The molecule has 5 rings (SSSR count). The number of fused-ring (bicyclic) bond motifs is 1. The van der Waals surface area contributed by atoms with Crippen molar-refractivity contribution in [2.45, 2.75) is 44.2 Å². The molecule has 50 heavy (non-hydrogen) atoms. The van der Waals surface area contributed by atoms with E-state index >= 15 is 0 Å². The molecule has 0 spiro atoms. The monoisotopic (exact) mass is 699 g/mol. The van der Waals surface area contributed by atoms with Gasteiger partial charge in [-0.05, 0) is 87.0 Å². The zero-order valence-corrected chi connectivity index (χ0v) is 29.7. The van der Waals surface area contributed by atoms with Crippen molar-refractivity contribution in [1.29, 1.82) is 0 Å². The summed E-state index contributed by atoms with van der Waals surface area (Å²) in [4.78, 5) is 39.3. The van der Waals surface area contributed by atoms with Crippen molar-refractivity contribution in [3.8, 4) is 5.75 Å². The van der Waals surface area contributed by atoms with Crippen molar-refractivity contribution in [2.24, 2.45) is 12.2 Å². The second-order valence-corrected chi connectivity index (χ2v) is 13.4. The van der Waals surface area contributed by atoms with Crippen molar-refractivity contribution < 1.29 is 22.7 Å². The number of aromatic nitrogens is 4. The van der Waals surface area contributed by atoms with Crippen LogP contribution in [0.1, 0.15) is 29.7 Å². The molecule has 0 aliphatic heterocycles. The first-order valence-electron chi connectivity index (χ1n) is 15.8. The van der Waals surface area contributed by atoms with Gasteiger partial charge in [0.1, 0.15) is 11.6 Å². The molecule has 0 saturated heterocycles. The second-order valence-electron chi connectivity index (χ2n) is 11.9. The van der Waals surface area contributed by atoms with Gasteiger partial charge in [0.2, 0.25) is 27.8 Å². The molecular formula is C35H41N9O5S. The number of ether oxygens (including phenoxy) is 1. The minimum absolute atomic E-state index is 0.0169. The lowest BCUT2D eigenvalue weighted by atomic mass is 10.1. The van der Waals surface area contributed by atoms with Crippen LogP contribution in [0.3, 0.4) is 0 Å². The van der Waals surface area contributed by atoms with Gasteiger partial charge in [0.15, 0.2) is 0 Å². The maximum atomic E-state index is 14.1. The van der Waals surface area contributed by atoms with Crippen LogP contribution >= 0.6 is 0 Å². The molecular weight excluding hydrogens is 659 g/mol. The number of amides is 2. The summed E-state index contributed by atoms with van der Waals surface area (Å²) >= 11 is 0. The number of primary sulfonamides is 1. The molecule has 0 radical (unpaired) electrons. The minimum atomic E-state index is -4.11. The predicted octanol–water partition coefficient (Wildman–Crippen LogP) is 3.75. The summed E-state index contributed by atoms with van der Waals surface area (Å²) in [5, 5.41) is 17.0. The van der Waals surface area contributed by atoms with Gasteiger partial charge in [0, 0.05) is 50.0 Å². The number of hydrogen-bond acceptors (Lipinski definition) is 10. The highest BCUT2D eigenvalue weighted by Crippen LogP contribution is 2.31. The lowest BCUT2D eigenvalue weighted by Crippen LogP contribution is -2.43. The van der Waals surface area contributed by atoms with E-state index in [2.05, 4.69) is 20.7 Å². The lowest BCUT2D eigenvalue weighted by molar-refractivity contribution is -0.123. The summed E-state index contributed by atoms with van der Waals surface area (Å²) in [6.07, 6.45) is 1.56. The Bertz CT molecular complexity index is 2130. The van der Waals surface area contributed by atoms with Crippen LogP contribution in [-0.2, 0) is 33.2 Å². The molecule has 1 atom stereocenters. The molecule has 2 amide bonds. The largest absolute Gasteiger partial charge is 0.497 e. The van der Waals surface area contributed by atoms with E-state index in [1.54, 1.807) is 39.3 Å². The fourth-order valence-electron chi connectivity index (χ4n) is 5.54. The van der Waals surface area contributed by atoms with Crippen molar-refractivity contribution in [2.75, 3.05) is 31.0 Å². The molecule has 2 aromatic heterocycles. The van der Waals surface area contributed by atoms with Gasteiger partial charge in [-0.15, -0.1) is 0 Å². The first kappa shape index (κ1) is 35.9. The molecule has 5 aromatic rings. The summed E-state index contributed by atoms with van der Waals surface area (Å²) in [7, 11) is 2.84. The molecule has 14 nitrogen and oxygen atoms in total. The van der Waals surface area contributed by atoms with E-state index in [9.17, 15) is 18.0 Å². The number of carbonyl (C=O) groups excluding carboxylic acids is 2. The molecule has 0 saturated carbocycles. The quantitative estimate of drug-likeness (QED) is 0.164. The van der Waals surface area contributed by atoms with Crippen molar-refractivity contribution >= 4 is 55.9 Å². The highest BCUT2D eigenvalue weighted by atomic mass is 32.2. The Morgan fingerprint density at radius 1 is 1.02 bits per heavy atom. The molecule has 4 N–H and O–H groups in total. The Hall–Kier alpha value is -5.38. The Labute approximate surface area is 291 Å². The molecule has 15 heteroatoms. The third-order valence-electron chi connectivity index (χ3n) is 8.60. The smallest absolute Gasteiger partial charge is 0.238 e. The summed E-state index contributed by atoms with van der Waals surface area (Å²) < 4.78 is 31.9. The summed E-state index contributed by atoms with van der Waals surface area (Å²) in [5.74, 6) is 0.466. The van der Waals surface area contributed by atoms with E-state index < -0.39 is 22.0 Å². The van der Waals surface area contributed by atoms with Gasteiger partial charge >= 0.3 is 0 Å². The van der Waals surface area contributed by atoms with E-state index in [0.29, 0.717) is 23.7 Å². The number of methoxy groups -OCH3 is 1. The highest BCUT2D eigenvalue weighted by Gasteiger charge is 2.26. The SMILES string of the molecule is CN[C@@H](CCC(=O)N(c1ccc(C)c(S(N)(=O)=O)c1)c1nccc(N(C)c2ccc3c(C)n(C)nc3c2)n1)C(=O)NCc1ccc(OC)cc1. The third-order valence-corrected chi connectivity index (χ3v) is 9.65. The number of hydrogen-bond donors (Lipinski definition) is 3. The van der Waals surface area contributed by atoms with E-state index in [1.165, 1.54) is 17.2 Å². The fraction of sp³-hybridized carbons (Fsp3) is 0.286. The predicted molar refractivity (Wildman–Crippen MR) is 192 cm³/mol. The summed E-state index contributed by atoms with van der Waals surface area (Å²) in [6, 6.07) is 18.7. The average Bonchev–Trinajstić information content (AvgIpc) is 3.39. The summed E-state index contributed by atoms with van der Waals surface area (Å²) in [6.45, 7) is 3.91. The molecule has 3 aromatic carbocycles. The number of carbonyl (C=O) groups is 2. The average molecular weight is 700 g/mol. The van der Waals surface area contributed by atoms with Gasteiger partial charge < -0.3 is 20.3 Å².